The molecule has 0 aromatic heterocycles. The van der Waals surface area contributed by atoms with Crippen molar-refractivity contribution in [2.75, 3.05) is 6.54 Å². The first-order valence-electron chi connectivity index (χ1n) is 6.57. The van der Waals surface area contributed by atoms with Crippen molar-refractivity contribution in [2.24, 2.45) is 10.2 Å². The molecule has 2 aromatic rings. The fourth-order valence-corrected chi connectivity index (χ4v) is 2.46. The van der Waals surface area contributed by atoms with Gasteiger partial charge in [-0.05, 0) is 28.8 Å². The van der Waals surface area contributed by atoms with Gasteiger partial charge < -0.3 is 0 Å². The zero-order valence-corrected chi connectivity index (χ0v) is 13.5. The van der Waals surface area contributed by atoms with Crippen molar-refractivity contribution in [1.29, 1.82) is 0 Å². The summed E-state index contributed by atoms with van der Waals surface area (Å²) in [5.74, 6) is -0.425. The smallest absolute Gasteiger partial charge is 0.179 e. The molecule has 0 aliphatic rings. The number of carbonyl (C=O) groups is 1. The number of carbonyl (C=O) groups excluding carboxylic acids is 1. The van der Waals surface area contributed by atoms with Crippen LogP contribution in [0.3, 0.4) is 0 Å². The molecule has 0 bridgehead atoms. The summed E-state index contributed by atoms with van der Waals surface area (Å²) in [5, 5.41) is 7.21. The van der Waals surface area contributed by atoms with Gasteiger partial charge in [-0.3, -0.25) is 4.79 Å². The number of hydrogen-bond acceptors (Lipinski definition) is 3. The van der Waals surface area contributed by atoms with Crippen molar-refractivity contribution < 1.29 is 4.79 Å². The molecule has 23 heavy (non-hydrogen) atoms. The molecule has 114 valence electrons. The van der Waals surface area contributed by atoms with E-state index >= 15 is 0 Å². The molecule has 0 aliphatic heterocycles. The molecule has 0 saturated heterocycles. The van der Waals surface area contributed by atoms with Crippen LogP contribution in [0.4, 0.5) is 0 Å². The molecular weight excluding hydrogens is 360 g/mol. The van der Waals surface area contributed by atoms with Crippen molar-refractivity contribution in [1.82, 2.24) is 0 Å². The molecule has 7 nitrogen and oxygen atoms in total. The average molecular weight is 371 g/mol. The van der Waals surface area contributed by atoms with Crippen LogP contribution < -0.4 is 0 Å². The summed E-state index contributed by atoms with van der Waals surface area (Å²) in [7, 11) is 0. The van der Waals surface area contributed by atoms with Gasteiger partial charge in [-0.15, -0.1) is 0 Å². The SMILES string of the molecule is [N-]=[N+]=NC[C@@](N=[N+]=[N-])(C(=O)c1ccccc1)c1ccc(Br)cc1. The summed E-state index contributed by atoms with van der Waals surface area (Å²) in [6.45, 7) is -0.303. The van der Waals surface area contributed by atoms with E-state index in [-0.39, 0.29) is 6.54 Å². The summed E-state index contributed by atoms with van der Waals surface area (Å²) in [4.78, 5) is 18.5. The number of rotatable bonds is 6. The Bertz CT molecular complexity index is 794. The van der Waals surface area contributed by atoms with Gasteiger partial charge in [0.15, 0.2) is 5.78 Å². The second-order valence-electron chi connectivity index (χ2n) is 4.64. The zero-order chi connectivity index (χ0) is 16.7. The molecule has 0 radical (unpaired) electrons. The van der Waals surface area contributed by atoms with Crippen molar-refractivity contribution in [2.45, 2.75) is 5.54 Å². The number of ketones is 1. The Morgan fingerprint density at radius 2 is 1.70 bits per heavy atom. The Morgan fingerprint density at radius 1 is 1.04 bits per heavy atom. The highest BCUT2D eigenvalue weighted by molar-refractivity contribution is 9.10. The predicted octanol–water partition coefficient (Wildman–Crippen LogP) is 5.15. The van der Waals surface area contributed by atoms with Gasteiger partial charge in [0.1, 0.15) is 5.54 Å². The van der Waals surface area contributed by atoms with Gasteiger partial charge in [0.25, 0.3) is 0 Å². The number of azide groups is 2. The second kappa shape index (κ2) is 7.47. The molecule has 2 aromatic carbocycles. The van der Waals surface area contributed by atoms with E-state index in [1.807, 2.05) is 0 Å². The maximum absolute atomic E-state index is 13.0. The van der Waals surface area contributed by atoms with Gasteiger partial charge in [0.2, 0.25) is 0 Å². The maximum atomic E-state index is 13.0. The van der Waals surface area contributed by atoms with Crippen LogP contribution in [0.1, 0.15) is 15.9 Å². The van der Waals surface area contributed by atoms with Crippen LogP contribution in [0.2, 0.25) is 0 Å². The fraction of sp³-hybridized carbons (Fsp3) is 0.133. The fourth-order valence-electron chi connectivity index (χ4n) is 2.19. The quantitative estimate of drug-likeness (QED) is 0.297. The number of Topliss-reactive ketones (excluding diaryl/α,β-unsaturated/α-hetero) is 1. The summed E-state index contributed by atoms with van der Waals surface area (Å²) in [6, 6.07) is 15.2. The monoisotopic (exact) mass is 370 g/mol. The van der Waals surface area contributed by atoms with Gasteiger partial charge >= 0.3 is 0 Å². The lowest BCUT2D eigenvalue weighted by Crippen LogP contribution is -2.36. The normalized spacial score (nSPS) is 12.4. The van der Waals surface area contributed by atoms with Crippen LogP contribution >= 0.6 is 15.9 Å². The van der Waals surface area contributed by atoms with E-state index in [4.69, 9.17) is 11.1 Å². The number of hydrogen-bond donors (Lipinski definition) is 0. The Balaban J connectivity index is 2.66. The highest BCUT2D eigenvalue weighted by Crippen LogP contribution is 2.32. The molecule has 0 spiro atoms. The van der Waals surface area contributed by atoms with E-state index in [2.05, 4.69) is 36.0 Å². The first kappa shape index (κ1) is 16.6. The molecule has 0 heterocycles. The minimum absolute atomic E-state index is 0.303. The first-order chi connectivity index (χ1) is 11.1. The molecule has 0 fully saturated rings. The van der Waals surface area contributed by atoms with Crippen LogP contribution in [-0.2, 0) is 5.54 Å². The van der Waals surface area contributed by atoms with E-state index in [0.29, 0.717) is 11.1 Å². The van der Waals surface area contributed by atoms with Crippen LogP contribution in [0.5, 0.6) is 0 Å². The number of benzene rings is 2. The number of nitrogens with zero attached hydrogens (tertiary/aromatic N) is 6. The Morgan fingerprint density at radius 3 is 2.26 bits per heavy atom. The third kappa shape index (κ3) is 3.52. The highest BCUT2D eigenvalue weighted by atomic mass is 79.9. The summed E-state index contributed by atoms with van der Waals surface area (Å²) in [5.41, 5.74) is 16.8. The van der Waals surface area contributed by atoms with Gasteiger partial charge in [0.05, 0.1) is 0 Å². The van der Waals surface area contributed by atoms with Gasteiger partial charge in [0, 0.05) is 26.4 Å². The average Bonchev–Trinajstić information content (AvgIpc) is 2.59. The molecule has 0 unspecified atom stereocenters. The lowest BCUT2D eigenvalue weighted by Gasteiger charge is -2.26. The second-order valence-corrected chi connectivity index (χ2v) is 5.56. The molecular formula is C15H11BrN6O. The molecule has 0 saturated carbocycles. The Hall–Kier alpha value is -2.79. The molecule has 2 rings (SSSR count). The van der Waals surface area contributed by atoms with E-state index in [0.717, 1.165) is 4.47 Å². The van der Waals surface area contributed by atoms with Crippen molar-refractivity contribution >= 4 is 21.7 Å². The molecule has 0 N–H and O–H groups in total. The predicted molar refractivity (Wildman–Crippen MR) is 89.8 cm³/mol. The summed E-state index contributed by atoms with van der Waals surface area (Å²) in [6.07, 6.45) is 0. The van der Waals surface area contributed by atoms with E-state index in [1.165, 1.54) is 0 Å². The molecule has 1 atom stereocenters. The summed E-state index contributed by atoms with van der Waals surface area (Å²) < 4.78 is 0.812. The zero-order valence-electron chi connectivity index (χ0n) is 11.9. The molecule has 0 amide bonds. The number of halogens is 1. The van der Waals surface area contributed by atoms with Crippen LogP contribution in [0.25, 0.3) is 20.9 Å². The Labute approximate surface area is 140 Å². The lowest BCUT2D eigenvalue weighted by atomic mass is 9.83. The van der Waals surface area contributed by atoms with Crippen LogP contribution in [-0.4, -0.2) is 12.3 Å². The van der Waals surface area contributed by atoms with E-state index < -0.39 is 11.3 Å². The highest BCUT2D eigenvalue weighted by Gasteiger charge is 2.39. The largest absolute Gasteiger partial charge is 0.293 e. The van der Waals surface area contributed by atoms with Crippen molar-refractivity contribution in [3.63, 3.8) is 0 Å². The minimum atomic E-state index is -1.62. The van der Waals surface area contributed by atoms with E-state index in [1.54, 1.807) is 54.6 Å². The molecule has 0 aliphatic carbocycles. The topological polar surface area (TPSA) is 115 Å². The third-order valence-electron chi connectivity index (χ3n) is 3.31. The standard InChI is InChI=1S/C15H11BrN6O/c16-13-8-6-12(7-9-13)15(20-22-18,10-19-21-17)14(23)11-4-2-1-3-5-11/h1-9H,10H2/t15-/m0/s1. The van der Waals surface area contributed by atoms with Gasteiger partial charge in [-0.25, -0.2) is 0 Å². The maximum Gasteiger partial charge on any atom is 0.179 e. The first-order valence-corrected chi connectivity index (χ1v) is 7.36. The lowest BCUT2D eigenvalue weighted by molar-refractivity contribution is 0.0892. The molecule has 8 heteroatoms. The Kier molecular flexibility index (Phi) is 5.38. The van der Waals surface area contributed by atoms with Crippen molar-refractivity contribution in [3.05, 3.63) is 91.1 Å². The summed E-state index contributed by atoms with van der Waals surface area (Å²) >= 11 is 3.32. The van der Waals surface area contributed by atoms with Gasteiger partial charge in [-0.2, -0.15) is 0 Å². The van der Waals surface area contributed by atoms with Crippen LogP contribution in [0, 0.1) is 0 Å². The van der Waals surface area contributed by atoms with E-state index in [9.17, 15) is 4.79 Å². The third-order valence-corrected chi connectivity index (χ3v) is 3.84. The minimum Gasteiger partial charge on any atom is -0.293 e. The van der Waals surface area contributed by atoms with Crippen molar-refractivity contribution in [3.8, 4) is 0 Å². The van der Waals surface area contributed by atoms with Crippen LogP contribution in [0.15, 0.2) is 69.3 Å². The van der Waals surface area contributed by atoms with Gasteiger partial charge in [-0.1, -0.05) is 68.6 Å².